The van der Waals surface area contributed by atoms with Crippen molar-refractivity contribution < 1.29 is 24.5 Å². The first kappa shape index (κ1) is 28.9. The monoisotopic (exact) mass is 429 g/mol. The van der Waals surface area contributed by atoms with E-state index in [1.807, 2.05) is 0 Å². The van der Waals surface area contributed by atoms with Crippen LogP contribution < -0.4 is 5.32 Å². The van der Waals surface area contributed by atoms with E-state index in [0.717, 1.165) is 19.3 Å². The number of aliphatic hydroxyl groups excluding tert-OH is 2. The molecule has 0 heterocycles. The average Bonchev–Trinajstić information content (AvgIpc) is 2.74. The number of carbonyl (C=O) groups is 2. The summed E-state index contributed by atoms with van der Waals surface area (Å²) < 4.78 is 4.94. The van der Waals surface area contributed by atoms with Gasteiger partial charge in [-0.1, -0.05) is 96.8 Å². The van der Waals surface area contributed by atoms with Gasteiger partial charge in [-0.3, -0.25) is 9.59 Å². The van der Waals surface area contributed by atoms with Gasteiger partial charge >= 0.3 is 5.97 Å². The molecular weight excluding hydrogens is 382 g/mol. The van der Waals surface area contributed by atoms with Crippen LogP contribution in [0.2, 0.25) is 0 Å². The predicted molar refractivity (Wildman–Crippen MR) is 121 cm³/mol. The van der Waals surface area contributed by atoms with Crippen LogP contribution in [0.4, 0.5) is 0 Å². The molecular formula is C24H47NO5. The molecule has 0 aliphatic carbocycles. The van der Waals surface area contributed by atoms with Crippen molar-refractivity contribution >= 4 is 11.9 Å². The maximum absolute atomic E-state index is 11.7. The highest BCUT2D eigenvalue weighted by molar-refractivity contribution is 5.81. The molecule has 3 N–H and O–H groups in total. The molecule has 1 amide bonds. The van der Waals surface area contributed by atoms with Gasteiger partial charge in [0.05, 0.1) is 18.8 Å². The molecule has 30 heavy (non-hydrogen) atoms. The smallest absolute Gasteiger partial charge is 0.306 e. The minimum absolute atomic E-state index is 0.322. The van der Waals surface area contributed by atoms with E-state index in [1.165, 1.54) is 84.0 Å². The summed E-state index contributed by atoms with van der Waals surface area (Å²) in [5, 5.41) is 20.7. The van der Waals surface area contributed by atoms with E-state index in [-0.39, 0.29) is 25.8 Å². The van der Waals surface area contributed by atoms with E-state index < -0.39 is 11.4 Å². The number of esters is 1. The van der Waals surface area contributed by atoms with Gasteiger partial charge in [0.25, 0.3) is 5.91 Å². The van der Waals surface area contributed by atoms with Crippen molar-refractivity contribution in [1.29, 1.82) is 0 Å². The van der Waals surface area contributed by atoms with Crippen LogP contribution in [-0.2, 0) is 14.3 Å². The van der Waals surface area contributed by atoms with Gasteiger partial charge in [-0.15, -0.1) is 0 Å². The molecule has 0 saturated carbocycles. The Bertz CT molecular complexity index is 424. The molecule has 0 saturated heterocycles. The Morgan fingerprint density at radius 1 is 0.733 bits per heavy atom. The van der Waals surface area contributed by atoms with Crippen LogP contribution in [-0.4, -0.2) is 47.4 Å². The van der Waals surface area contributed by atoms with Gasteiger partial charge in [0, 0.05) is 6.42 Å². The summed E-state index contributed by atoms with van der Waals surface area (Å²) in [6.45, 7) is 2.62. The van der Waals surface area contributed by atoms with Crippen molar-refractivity contribution in [2.24, 2.45) is 0 Å². The molecule has 0 aliphatic heterocycles. The summed E-state index contributed by atoms with van der Waals surface area (Å²) >= 11 is 0. The number of carbonyl (C=O) groups excluding carboxylic acids is 2. The zero-order chi connectivity index (χ0) is 22.5. The van der Waals surface area contributed by atoms with Crippen molar-refractivity contribution in [1.82, 2.24) is 5.32 Å². The van der Waals surface area contributed by atoms with Crippen LogP contribution >= 0.6 is 0 Å². The number of nitrogens with one attached hydrogen (secondary N) is 1. The van der Waals surface area contributed by atoms with E-state index >= 15 is 0 Å². The van der Waals surface area contributed by atoms with Gasteiger partial charge in [-0.25, -0.2) is 0 Å². The first-order valence-corrected chi connectivity index (χ1v) is 12.2. The molecule has 0 rings (SSSR count). The Morgan fingerprint density at radius 3 is 1.53 bits per heavy atom. The maximum atomic E-state index is 11.7. The number of unbranched alkanes of at least 4 members (excludes halogenated alkanes) is 14. The Balaban J connectivity index is 3.40. The fraction of sp³-hybridized carbons (Fsp3) is 0.917. The lowest BCUT2D eigenvalue weighted by molar-refractivity contribution is -0.149. The van der Waals surface area contributed by atoms with Crippen LogP contribution in [0, 0.1) is 0 Å². The Morgan fingerprint density at radius 2 is 1.13 bits per heavy atom. The Labute approximate surface area is 184 Å². The van der Waals surface area contributed by atoms with Crippen LogP contribution in [0.25, 0.3) is 0 Å². The summed E-state index contributed by atoms with van der Waals surface area (Å²) in [6.07, 6.45) is 19.4. The summed E-state index contributed by atoms with van der Waals surface area (Å²) in [4.78, 5) is 23.4. The van der Waals surface area contributed by atoms with E-state index in [2.05, 4.69) is 12.2 Å². The van der Waals surface area contributed by atoms with Crippen LogP contribution in [0.1, 0.15) is 117 Å². The van der Waals surface area contributed by atoms with Crippen molar-refractivity contribution in [3.8, 4) is 0 Å². The molecule has 0 fully saturated rings. The fourth-order valence-electron chi connectivity index (χ4n) is 3.36. The van der Waals surface area contributed by atoms with Gasteiger partial charge in [-0.2, -0.15) is 0 Å². The number of ether oxygens (including phenoxy) is 1. The molecule has 178 valence electrons. The van der Waals surface area contributed by atoms with E-state index in [0.29, 0.717) is 6.42 Å². The molecule has 0 aromatic heterocycles. The molecule has 0 unspecified atom stereocenters. The first-order valence-electron chi connectivity index (χ1n) is 12.2. The number of hydrogen-bond donors (Lipinski definition) is 3. The van der Waals surface area contributed by atoms with Gasteiger partial charge in [0.2, 0.25) is 0 Å². The van der Waals surface area contributed by atoms with Crippen LogP contribution in [0.3, 0.4) is 0 Å². The summed E-state index contributed by atoms with van der Waals surface area (Å²) in [6, 6.07) is 0. The van der Waals surface area contributed by atoms with E-state index in [9.17, 15) is 9.59 Å². The van der Waals surface area contributed by atoms with Crippen molar-refractivity contribution in [3.63, 3.8) is 0 Å². The van der Waals surface area contributed by atoms with Gasteiger partial charge in [0.1, 0.15) is 0 Å². The molecule has 0 aromatic rings. The number of amides is 1. The molecule has 0 radical (unpaired) electrons. The molecule has 0 spiro atoms. The second-order valence-electron chi connectivity index (χ2n) is 8.79. The zero-order valence-electron chi connectivity index (χ0n) is 19.6. The normalized spacial score (nSPS) is 11.5. The Hall–Kier alpha value is -1.14. The number of aliphatic hydroxyl groups is 2. The van der Waals surface area contributed by atoms with Gasteiger partial charge in [0.15, 0.2) is 6.61 Å². The van der Waals surface area contributed by atoms with Crippen LogP contribution in [0.5, 0.6) is 0 Å². The summed E-state index contributed by atoms with van der Waals surface area (Å²) in [5.41, 5.74) is -1.10. The standard InChI is InChI=1S/C24H47NO5/c1-3-4-5-6-7-8-9-10-11-12-13-14-15-16-17-18-23(29)30-19-22(28)25-24(2,20-26)21-27/h26-27H,3-21H2,1-2H3,(H,25,28). The first-order chi connectivity index (χ1) is 14.5. The van der Waals surface area contributed by atoms with Crippen LogP contribution in [0.15, 0.2) is 0 Å². The third kappa shape index (κ3) is 17.7. The highest BCUT2D eigenvalue weighted by Gasteiger charge is 2.24. The minimum atomic E-state index is -1.10. The van der Waals surface area contributed by atoms with Crippen molar-refractivity contribution in [3.05, 3.63) is 0 Å². The molecule has 0 atom stereocenters. The topological polar surface area (TPSA) is 95.9 Å². The minimum Gasteiger partial charge on any atom is -0.456 e. The molecule has 0 aliphatic rings. The zero-order valence-corrected chi connectivity index (χ0v) is 19.6. The van der Waals surface area contributed by atoms with Gasteiger partial charge < -0.3 is 20.3 Å². The number of rotatable bonds is 21. The van der Waals surface area contributed by atoms with Gasteiger partial charge in [-0.05, 0) is 13.3 Å². The SMILES string of the molecule is CCCCCCCCCCCCCCCCCC(=O)OCC(=O)NC(C)(CO)CO. The van der Waals surface area contributed by atoms with Crippen molar-refractivity contribution in [2.75, 3.05) is 19.8 Å². The lowest BCUT2D eigenvalue weighted by atomic mass is 10.0. The number of hydrogen-bond acceptors (Lipinski definition) is 5. The molecule has 6 nitrogen and oxygen atoms in total. The summed E-state index contributed by atoms with van der Waals surface area (Å²) in [5.74, 6) is -0.903. The molecule has 0 aromatic carbocycles. The van der Waals surface area contributed by atoms with E-state index in [4.69, 9.17) is 14.9 Å². The Kier molecular flexibility index (Phi) is 19.0. The lowest BCUT2D eigenvalue weighted by Crippen LogP contribution is -2.52. The second-order valence-corrected chi connectivity index (χ2v) is 8.79. The largest absolute Gasteiger partial charge is 0.456 e. The third-order valence-electron chi connectivity index (χ3n) is 5.49. The molecule has 6 heteroatoms. The third-order valence-corrected chi connectivity index (χ3v) is 5.49. The quantitative estimate of drug-likeness (QED) is 0.182. The average molecular weight is 430 g/mol. The second kappa shape index (κ2) is 19.8. The van der Waals surface area contributed by atoms with E-state index in [1.54, 1.807) is 0 Å². The lowest BCUT2D eigenvalue weighted by Gasteiger charge is -2.25. The fourth-order valence-corrected chi connectivity index (χ4v) is 3.36. The highest BCUT2D eigenvalue weighted by Crippen LogP contribution is 2.13. The maximum Gasteiger partial charge on any atom is 0.306 e. The van der Waals surface area contributed by atoms with Crippen molar-refractivity contribution in [2.45, 2.75) is 122 Å². The molecule has 0 bridgehead atoms. The predicted octanol–water partition coefficient (Wildman–Crippen LogP) is 4.65. The highest BCUT2D eigenvalue weighted by atomic mass is 16.5. The summed E-state index contributed by atoms with van der Waals surface area (Å²) in [7, 11) is 0.